The minimum absolute atomic E-state index is 0.0480. The molecule has 29 heavy (non-hydrogen) atoms. The van der Waals surface area contributed by atoms with Gasteiger partial charge in [0.15, 0.2) is 0 Å². The highest BCUT2D eigenvalue weighted by Gasteiger charge is 2.17. The molecule has 0 fully saturated rings. The van der Waals surface area contributed by atoms with Crippen LogP contribution in [0.3, 0.4) is 0 Å². The van der Waals surface area contributed by atoms with Gasteiger partial charge in [-0.25, -0.2) is 9.78 Å². The molecule has 1 N–H and O–H groups in total. The van der Waals surface area contributed by atoms with E-state index < -0.39 is 5.97 Å². The molecule has 0 aliphatic rings. The summed E-state index contributed by atoms with van der Waals surface area (Å²) in [4.78, 5) is 30.6. The molecule has 1 heterocycles. The predicted octanol–water partition coefficient (Wildman–Crippen LogP) is 4.35. The van der Waals surface area contributed by atoms with Gasteiger partial charge in [-0.1, -0.05) is 26.0 Å². The zero-order valence-corrected chi connectivity index (χ0v) is 17.2. The Hall–Kier alpha value is -3.15. The summed E-state index contributed by atoms with van der Waals surface area (Å²) in [6.07, 6.45) is 1.86. The number of carboxylic acid groups (broad SMARTS) is 1. The predicted molar refractivity (Wildman–Crippen MR) is 113 cm³/mol. The lowest BCUT2D eigenvalue weighted by Crippen LogP contribution is -2.32. The van der Waals surface area contributed by atoms with Gasteiger partial charge in [0.2, 0.25) is 0 Å². The van der Waals surface area contributed by atoms with Crippen LogP contribution < -0.4 is 0 Å². The molecule has 3 rings (SSSR count). The highest BCUT2D eigenvalue weighted by molar-refractivity contribution is 5.97. The summed E-state index contributed by atoms with van der Waals surface area (Å²) in [5, 5.41) is 9.07. The second-order valence-corrected chi connectivity index (χ2v) is 7.24. The average Bonchev–Trinajstić information content (AvgIpc) is 3.02. The van der Waals surface area contributed by atoms with E-state index in [0.29, 0.717) is 12.1 Å². The molecule has 0 spiro atoms. The summed E-state index contributed by atoms with van der Waals surface area (Å²) in [6, 6.07) is 12.5. The smallest absolute Gasteiger partial charge is 0.335 e. The number of nitrogens with zero attached hydrogens (tertiary/aromatic N) is 3. The van der Waals surface area contributed by atoms with E-state index in [4.69, 9.17) is 5.11 Å². The van der Waals surface area contributed by atoms with Crippen molar-refractivity contribution in [3.05, 3.63) is 65.0 Å². The Labute approximate surface area is 170 Å². The molecule has 6 heteroatoms. The van der Waals surface area contributed by atoms with Crippen LogP contribution in [0.25, 0.3) is 11.0 Å². The summed E-state index contributed by atoms with van der Waals surface area (Å²) in [5.74, 6) is -0.0367. The van der Waals surface area contributed by atoms with Gasteiger partial charge in [0, 0.05) is 25.2 Å². The highest BCUT2D eigenvalue weighted by Crippen LogP contribution is 2.21. The SMILES string of the molecule is CCCN(CCC)C(=O)c1ccc2nc(C)n(Cc3ccc(C(=O)O)cc3)c2c1. The van der Waals surface area contributed by atoms with Crippen LogP contribution in [0.5, 0.6) is 0 Å². The molecule has 0 bridgehead atoms. The summed E-state index contributed by atoms with van der Waals surface area (Å²) < 4.78 is 2.06. The van der Waals surface area contributed by atoms with Crippen molar-refractivity contribution in [2.45, 2.75) is 40.2 Å². The van der Waals surface area contributed by atoms with Crippen LogP contribution in [0.4, 0.5) is 0 Å². The first-order valence-corrected chi connectivity index (χ1v) is 10.0. The van der Waals surface area contributed by atoms with Crippen molar-refractivity contribution >= 4 is 22.9 Å². The van der Waals surface area contributed by atoms with Gasteiger partial charge in [0.1, 0.15) is 5.82 Å². The minimum Gasteiger partial charge on any atom is -0.478 e. The standard InChI is InChI=1S/C23H27N3O3/c1-4-12-25(13-5-2)22(27)19-10-11-20-21(14-19)26(16(3)24-20)15-17-6-8-18(9-7-17)23(28)29/h6-11,14H,4-5,12-13,15H2,1-3H3,(H,28,29). The van der Waals surface area contributed by atoms with Crippen molar-refractivity contribution in [1.82, 2.24) is 14.5 Å². The Balaban J connectivity index is 1.94. The van der Waals surface area contributed by atoms with Gasteiger partial charge < -0.3 is 14.6 Å². The van der Waals surface area contributed by atoms with E-state index in [1.807, 2.05) is 42.2 Å². The van der Waals surface area contributed by atoms with Crippen molar-refractivity contribution in [1.29, 1.82) is 0 Å². The van der Waals surface area contributed by atoms with Crippen LogP contribution in [-0.4, -0.2) is 44.5 Å². The van der Waals surface area contributed by atoms with Crippen molar-refractivity contribution in [2.24, 2.45) is 0 Å². The molecule has 0 aliphatic heterocycles. The number of carboxylic acids is 1. The number of imidazole rings is 1. The molecule has 152 valence electrons. The number of benzene rings is 2. The number of aromatic carboxylic acids is 1. The lowest BCUT2D eigenvalue weighted by Gasteiger charge is -2.21. The first kappa shape index (κ1) is 20.6. The molecule has 0 saturated carbocycles. The third kappa shape index (κ3) is 4.47. The molecule has 3 aromatic rings. The summed E-state index contributed by atoms with van der Waals surface area (Å²) >= 11 is 0. The molecule has 0 saturated heterocycles. The number of rotatable bonds is 8. The molecule has 1 aromatic heterocycles. The molecule has 2 aromatic carbocycles. The number of amides is 1. The topological polar surface area (TPSA) is 75.4 Å². The van der Waals surface area contributed by atoms with Gasteiger partial charge in [0.05, 0.1) is 16.6 Å². The molecule has 0 radical (unpaired) electrons. The number of carbonyl (C=O) groups excluding carboxylic acids is 1. The number of carbonyl (C=O) groups is 2. The fraction of sp³-hybridized carbons (Fsp3) is 0.348. The van der Waals surface area contributed by atoms with Gasteiger partial charge in [-0.2, -0.15) is 0 Å². The van der Waals surface area contributed by atoms with Gasteiger partial charge in [0.25, 0.3) is 5.91 Å². The lowest BCUT2D eigenvalue weighted by atomic mass is 10.1. The van der Waals surface area contributed by atoms with Gasteiger partial charge >= 0.3 is 5.97 Å². The number of aryl methyl sites for hydroxylation is 1. The fourth-order valence-corrected chi connectivity index (χ4v) is 3.55. The average molecular weight is 393 g/mol. The molecule has 0 aliphatic carbocycles. The second-order valence-electron chi connectivity index (χ2n) is 7.24. The Morgan fingerprint density at radius 3 is 2.21 bits per heavy atom. The van der Waals surface area contributed by atoms with E-state index in [1.54, 1.807) is 12.1 Å². The monoisotopic (exact) mass is 393 g/mol. The number of hydrogen-bond acceptors (Lipinski definition) is 3. The highest BCUT2D eigenvalue weighted by atomic mass is 16.4. The fourth-order valence-electron chi connectivity index (χ4n) is 3.55. The van der Waals surface area contributed by atoms with E-state index in [-0.39, 0.29) is 11.5 Å². The third-order valence-electron chi connectivity index (χ3n) is 5.00. The summed E-state index contributed by atoms with van der Waals surface area (Å²) in [7, 11) is 0. The van der Waals surface area contributed by atoms with Crippen molar-refractivity contribution < 1.29 is 14.7 Å². The normalized spacial score (nSPS) is 11.0. The van der Waals surface area contributed by atoms with Crippen molar-refractivity contribution in [3.63, 3.8) is 0 Å². The summed E-state index contributed by atoms with van der Waals surface area (Å²) in [6.45, 7) is 8.15. The van der Waals surface area contributed by atoms with Crippen LogP contribution >= 0.6 is 0 Å². The Morgan fingerprint density at radius 2 is 1.62 bits per heavy atom. The van der Waals surface area contributed by atoms with Crippen LogP contribution in [0, 0.1) is 6.92 Å². The zero-order chi connectivity index (χ0) is 21.0. The van der Waals surface area contributed by atoms with Crippen LogP contribution in [0.2, 0.25) is 0 Å². The first-order chi connectivity index (χ1) is 13.9. The lowest BCUT2D eigenvalue weighted by molar-refractivity contribution is 0.0695. The van der Waals surface area contributed by atoms with Crippen molar-refractivity contribution in [3.8, 4) is 0 Å². The Bertz CT molecular complexity index is 1020. The molecular weight excluding hydrogens is 366 g/mol. The van der Waals surface area contributed by atoms with Crippen LogP contribution in [0.15, 0.2) is 42.5 Å². The largest absolute Gasteiger partial charge is 0.478 e. The second kappa shape index (κ2) is 8.90. The minimum atomic E-state index is -0.937. The third-order valence-corrected chi connectivity index (χ3v) is 5.00. The van der Waals surface area contributed by atoms with E-state index in [0.717, 1.165) is 48.4 Å². The number of fused-ring (bicyclic) bond motifs is 1. The molecule has 0 unspecified atom stereocenters. The summed E-state index contributed by atoms with van der Waals surface area (Å²) in [5.41, 5.74) is 3.66. The maximum Gasteiger partial charge on any atom is 0.335 e. The van der Waals surface area contributed by atoms with Gasteiger partial charge in [-0.15, -0.1) is 0 Å². The first-order valence-electron chi connectivity index (χ1n) is 10.0. The van der Waals surface area contributed by atoms with E-state index >= 15 is 0 Å². The molecule has 6 nitrogen and oxygen atoms in total. The zero-order valence-electron chi connectivity index (χ0n) is 17.2. The quantitative estimate of drug-likeness (QED) is 0.617. The van der Waals surface area contributed by atoms with E-state index in [2.05, 4.69) is 23.4 Å². The molecular formula is C23H27N3O3. The van der Waals surface area contributed by atoms with Gasteiger partial charge in [-0.3, -0.25) is 4.79 Å². The molecule has 1 amide bonds. The van der Waals surface area contributed by atoms with E-state index in [9.17, 15) is 9.59 Å². The van der Waals surface area contributed by atoms with Gasteiger partial charge in [-0.05, 0) is 55.7 Å². The maximum absolute atomic E-state index is 13.0. The van der Waals surface area contributed by atoms with E-state index in [1.165, 1.54) is 0 Å². The van der Waals surface area contributed by atoms with Crippen LogP contribution in [0.1, 0.15) is 58.8 Å². The van der Waals surface area contributed by atoms with Crippen LogP contribution in [-0.2, 0) is 6.54 Å². The molecule has 0 atom stereocenters. The Morgan fingerprint density at radius 1 is 1.00 bits per heavy atom. The maximum atomic E-state index is 13.0. The number of hydrogen-bond donors (Lipinski definition) is 1. The number of aromatic nitrogens is 2. The Kier molecular flexibility index (Phi) is 6.32. The van der Waals surface area contributed by atoms with Crippen molar-refractivity contribution in [2.75, 3.05) is 13.1 Å².